The third-order valence-electron chi connectivity index (χ3n) is 4.95. The lowest BCUT2D eigenvalue weighted by molar-refractivity contribution is -0.118. The van der Waals surface area contributed by atoms with Crippen LogP contribution in [0.2, 0.25) is 0 Å². The van der Waals surface area contributed by atoms with Crippen molar-refractivity contribution >= 4 is 40.5 Å². The highest BCUT2D eigenvalue weighted by atomic mass is 32.1. The van der Waals surface area contributed by atoms with Gasteiger partial charge in [-0.25, -0.2) is 0 Å². The Morgan fingerprint density at radius 1 is 1.20 bits per heavy atom. The molecule has 132 valence electrons. The second kappa shape index (κ2) is 6.59. The molecule has 6 heteroatoms. The van der Waals surface area contributed by atoms with Gasteiger partial charge in [-0.15, -0.1) is 11.3 Å². The third-order valence-corrected chi connectivity index (χ3v) is 5.93. The van der Waals surface area contributed by atoms with Gasteiger partial charge in [0.05, 0.1) is 11.2 Å². The smallest absolute Gasteiger partial charge is 0.400 e. The summed E-state index contributed by atoms with van der Waals surface area (Å²) in [4.78, 5) is 11.4. The zero-order valence-corrected chi connectivity index (χ0v) is 16.2. The fourth-order valence-corrected chi connectivity index (χ4v) is 3.64. The van der Waals surface area contributed by atoms with E-state index < -0.39 is 18.3 Å². The van der Waals surface area contributed by atoms with Crippen molar-refractivity contribution in [1.29, 1.82) is 0 Å². The highest BCUT2D eigenvalue weighted by molar-refractivity contribution is 7.17. The first kappa shape index (κ1) is 18.2. The summed E-state index contributed by atoms with van der Waals surface area (Å²) in [7, 11) is -0.480. The van der Waals surface area contributed by atoms with Crippen LogP contribution in [-0.4, -0.2) is 30.8 Å². The molecule has 1 aromatic heterocycles. The summed E-state index contributed by atoms with van der Waals surface area (Å²) in [6.07, 6.45) is 2.08. The first-order valence-electron chi connectivity index (χ1n) is 8.46. The number of thiophene rings is 1. The molecule has 2 heterocycles. The van der Waals surface area contributed by atoms with Crippen molar-refractivity contribution < 1.29 is 14.1 Å². The lowest BCUT2D eigenvalue weighted by Crippen LogP contribution is -2.41. The molecule has 1 amide bonds. The minimum absolute atomic E-state index is 0.0725. The van der Waals surface area contributed by atoms with Gasteiger partial charge in [-0.2, -0.15) is 0 Å². The minimum atomic E-state index is -0.480. The highest BCUT2D eigenvalue weighted by Crippen LogP contribution is 2.39. The molecule has 0 saturated carbocycles. The van der Waals surface area contributed by atoms with Gasteiger partial charge in [0.25, 0.3) is 0 Å². The van der Waals surface area contributed by atoms with Gasteiger partial charge in [0.15, 0.2) is 0 Å². The van der Waals surface area contributed by atoms with Crippen LogP contribution < -0.4 is 5.32 Å². The number of benzene rings is 1. The van der Waals surface area contributed by atoms with Crippen molar-refractivity contribution in [1.82, 2.24) is 5.32 Å². The highest BCUT2D eigenvalue weighted by Gasteiger charge is 2.52. The average Bonchev–Trinajstić information content (AvgIpc) is 3.06. The van der Waals surface area contributed by atoms with E-state index in [1.807, 2.05) is 33.8 Å². The van der Waals surface area contributed by atoms with Crippen LogP contribution >= 0.6 is 11.3 Å². The third kappa shape index (κ3) is 3.66. The number of hydrogen-bond acceptors (Lipinski definition) is 4. The van der Waals surface area contributed by atoms with Crippen molar-refractivity contribution in [2.45, 2.75) is 45.8 Å². The molecular formula is C19H24BNO3S. The maximum Gasteiger partial charge on any atom is 0.492 e. The Hall–Kier alpha value is -1.63. The SMILES string of the molecule is CC(=O)NCC(=Cc1cccc2ccsc12)B1OC(C)(C)C(C)(C)O1. The monoisotopic (exact) mass is 357 g/mol. The molecule has 0 bridgehead atoms. The fraction of sp³-hybridized carbons (Fsp3) is 0.421. The number of carbonyl (C=O) groups excluding carboxylic acids is 1. The Morgan fingerprint density at radius 3 is 2.52 bits per heavy atom. The quantitative estimate of drug-likeness (QED) is 0.840. The largest absolute Gasteiger partial charge is 0.492 e. The van der Waals surface area contributed by atoms with Gasteiger partial charge in [-0.1, -0.05) is 24.3 Å². The molecule has 0 atom stereocenters. The molecule has 1 aliphatic rings. The van der Waals surface area contributed by atoms with Gasteiger partial charge in [0, 0.05) is 18.2 Å². The van der Waals surface area contributed by atoms with E-state index in [9.17, 15) is 4.79 Å². The first-order chi connectivity index (χ1) is 11.7. The van der Waals surface area contributed by atoms with Gasteiger partial charge < -0.3 is 14.6 Å². The van der Waals surface area contributed by atoms with Crippen molar-refractivity contribution in [3.8, 4) is 0 Å². The summed E-state index contributed by atoms with van der Waals surface area (Å²) in [5.74, 6) is -0.0725. The van der Waals surface area contributed by atoms with E-state index in [1.165, 1.54) is 17.0 Å². The number of nitrogens with one attached hydrogen (secondary N) is 1. The van der Waals surface area contributed by atoms with Crippen molar-refractivity contribution in [2.75, 3.05) is 6.54 Å². The second-order valence-corrected chi connectivity index (χ2v) is 8.32. The van der Waals surface area contributed by atoms with Gasteiger partial charge in [-0.05, 0) is 55.6 Å². The number of carbonyl (C=O) groups is 1. The van der Waals surface area contributed by atoms with Crippen LogP contribution in [0.5, 0.6) is 0 Å². The van der Waals surface area contributed by atoms with Crippen molar-refractivity contribution in [2.24, 2.45) is 0 Å². The number of amides is 1. The molecule has 1 fully saturated rings. The molecule has 4 nitrogen and oxygen atoms in total. The maximum absolute atomic E-state index is 11.4. The second-order valence-electron chi connectivity index (χ2n) is 7.40. The molecule has 25 heavy (non-hydrogen) atoms. The molecule has 1 saturated heterocycles. The molecule has 1 aliphatic heterocycles. The van der Waals surface area contributed by atoms with Crippen LogP contribution in [0, 0.1) is 0 Å². The van der Waals surface area contributed by atoms with Gasteiger partial charge in [0.2, 0.25) is 5.91 Å². The van der Waals surface area contributed by atoms with Crippen LogP contribution in [-0.2, 0) is 14.1 Å². The molecule has 0 unspecified atom stereocenters. The van der Waals surface area contributed by atoms with E-state index in [-0.39, 0.29) is 5.91 Å². The summed E-state index contributed by atoms with van der Waals surface area (Å²) in [6.45, 7) is 10.0. The molecule has 0 spiro atoms. The summed E-state index contributed by atoms with van der Waals surface area (Å²) in [6, 6.07) is 8.34. The van der Waals surface area contributed by atoms with Crippen LogP contribution in [0.1, 0.15) is 40.2 Å². The lowest BCUT2D eigenvalue weighted by Gasteiger charge is -2.32. The van der Waals surface area contributed by atoms with Crippen molar-refractivity contribution in [3.63, 3.8) is 0 Å². The summed E-state index contributed by atoms with van der Waals surface area (Å²) in [5.41, 5.74) is 1.20. The molecule has 1 N–H and O–H groups in total. The first-order valence-corrected chi connectivity index (χ1v) is 9.34. The topological polar surface area (TPSA) is 47.6 Å². The van der Waals surface area contributed by atoms with E-state index in [2.05, 4.69) is 35.0 Å². The lowest BCUT2D eigenvalue weighted by atomic mass is 9.77. The van der Waals surface area contributed by atoms with E-state index in [4.69, 9.17) is 9.31 Å². The molecule has 0 radical (unpaired) electrons. The standard InChI is InChI=1S/C19H24BNO3S/c1-13(22)21-12-16(20-23-18(2,3)19(4,5)24-20)11-15-8-6-7-14-9-10-25-17(14)15/h6-11H,12H2,1-5H3,(H,21,22). The van der Waals surface area contributed by atoms with Gasteiger partial charge >= 0.3 is 7.12 Å². The van der Waals surface area contributed by atoms with E-state index in [0.717, 1.165) is 11.0 Å². The Balaban J connectivity index is 1.98. The number of rotatable bonds is 4. The van der Waals surface area contributed by atoms with Gasteiger partial charge in [-0.3, -0.25) is 4.79 Å². The number of fused-ring (bicyclic) bond motifs is 1. The summed E-state index contributed by atoms with van der Waals surface area (Å²) < 4.78 is 13.6. The van der Waals surface area contributed by atoms with Crippen molar-refractivity contribution in [3.05, 3.63) is 40.7 Å². The zero-order valence-electron chi connectivity index (χ0n) is 15.4. The normalized spacial score (nSPS) is 19.4. The van der Waals surface area contributed by atoms with Crippen LogP contribution in [0.15, 0.2) is 35.1 Å². The minimum Gasteiger partial charge on any atom is -0.400 e. The van der Waals surface area contributed by atoms with Crippen LogP contribution in [0.3, 0.4) is 0 Å². The molecule has 3 rings (SSSR count). The Morgan fingerprint density at radius 2 is 1.88 bits per heavy atom. The Kier molecular flexibility index (Phi) is 4.79. The predicted molar refractivity (Wildman–Crippen MR) is 105 cm³/mol. The summed E-state index contributed by atoms with van der Waals surface area (Å²) in [5, 5.41) is 6.18. The van der Waals surface area contributed by atoms with E-state index in [1.54, 1.807) is 11.3 Å². The molecule has 0 aliphatic carbocycles. The maximum atomic E-state index is 11.4. The molecule has 2 aromatic rings. The van der Waals surface area contributed by atoms with E-state index in [0.29, 0.717) is 6.54 Å². The Labute approximate surface area is 153 Å². The number of hydrogen-bond donors (Lipinski definition) is 1. The fourth-order valence-electron chi connectivity index (χ4n) is 2.75. The molecular weight excluding hydrogens is 333 g/mol. The molecule has 1 aromatic carbocycles. The van der Waals surface area contributed by atoms with Gasteiger partial charge in [0.1, 0.15) is 0 Å². The predicted octanol–water partition coefficient (Wildman–Crippen LogP) is 4.05. The van der Waals surface area contributed by atoms with Crippen LogP contribution in [0.25, 0.3) is 16.2 Å². The van der Waals surface area contributed by atoms with E-state index >= 15 is 0 Å². The average molecular weight is 357 g/mol. The zero-order chi connectivity index (χ0) is 18.2. The Bertz CT molecular complexity index is 809. The summed E-state index contributed by atoms with van der Waals surface area (Å²) >= 11 is 1.71. The van der Waals surface area contributed by atoms with Crippen LogP contribution in [0.4, 0.5) is 0 Å².